The molecule has 0 radical (unpaired) electrons. The zero-order chi connectivity index (χ0) is 15.1. The largest absolute Gasteiger partial charge is 0.496 e. The fourth-order valence-electron chi connectivity index (χ4n) is 2.05. The van der Waals surface area contributed by atoms with E-state index in [1.54, 1.807) is 7.11 Å². The standard InChI is InChI=1S/C15H19N3O2S/c1-3-16-12(11-6-4-5-7-13(11)20-2)10-21-15-17-9-8-14(19)18-15/h4-9,12,16H,3,10H2,1-2H3,(H,17,18,19). The van der Waals surface area contributed by atoms with Crippen LogP contribution >= 0.6 is 11.8 Å². The van der Waals surface area contributed by atoms with Gasteiger partial charge in [0.25, 0.3) is 5.56 Å². The molecule has 0 amide bonds. The third kappa shape index (κ3) is 4.34. The monoisotopic (exact) mass is 305 g/mol. The zero-order valence-electron chi connectivity index (χ0n) is 12.1. The predicted molar refractivity (Wildman–Crippen MR) is 85.0 cm³/mol. The summed E-state index contributed by atoms with van der Waals surface area (Å²) in [7, 11) is 1.67. The SMILES string of the molecule is CCNC(CSc1nccc(=O)[nH]1)c1ccccc1OC. The van der Waals surface area contributed by atoms with Crippen molar-refractivity contribution in [3.05, 3.63) is 52.4 Å². The Morgan fingerprint density at radius 1 is 1.38 bits per heavy atom. The first-order chi connectivity index (χ1) is 10.2. The van der Waals surface area contributed by atoms with Gasteiger partial charge in [0.15, 0.2) is 5.16 Å². The maximum Gasteiger partial charge on any atom is 0.251 e. The molecule has 21 heavy (non-hydrogen) atoms. The summed E-state index contributed by atoms with van der Waals surface area (Å²) in [6.45, 7) is 2.91. The number of thioether (sulfide) groups is 1. The Morgan fingerprint density at radius 3 is 2.90 bits per heavy atom. The van der Waals surface area contributed by atoms with Gasteiger partial charge in [-0.3, -0.25) is 4.79 Å². The van der Waals surface area contributed by atoms with Crippen molar-refractivity contribution >= 4 is 11.8 Å². The van der Waals surface area contributed by atoms with Gasteiger partial charge in [0.2, 0.25) is 0 Å². The lowest BCUT2D eigenvalue weighted by Crippen LogP contribution is -2.23. The number of H-pyrrole nitrogens is 1. The van der Waals surface area contributed by atoms with Crippen molar-refractivity contribution in [2.45, 2.75) is 18.1 Å². The Kier molecular flexibility index (Phi) is 5.83. The first kappa shape index (κ1) is 15.6. The van der Waals surface area contributed by atoms with Gasteiger partial charge in [-0.15, -0.1) is 0 Å². The first-order valence-corrected chi connectivity index (χ1v) is 7.77. The number of para-hydroxylation sites is 1. The molecule has 0 aliphatic rings. The molecule has 112 valence electrons. The summed E-state index contributed by atoms with van der Waals surface area (Å²) in [5, 5.41) is 4.06. The van der Waals surface area contributed by atoms with Crippen molar-refractivity contribution in [3.8, 4) is 5.75 Å². The number of hydrogen-bond acceptors (Lipinski definition) is 5. The number of aromatic nitrogens is 2. The molecule has 2 rings (SSSR count). The van der Waals surface area contributed by atoms with Gasteiger partial charge in [0, 0.05) is 29.6 Å². The Hall–Kier alpha value is -1.79. The minimum Gasteiger partial charge on any atom is -0.496 e. The van der Waals surface area contributed by atoms with E-state index in [0.29, 0.717) is 5.16 Å². The quantitative estimate of drug-likeness (QED) is 0.606. The molecule has 2 N–H and O–H groups in total. The number of ether oxygens (including phenoxy) is 1. The van der Waals surface area contributed by atoms with E-state index in [2.05, 4.69) is 22.2 Å². The van der Waals surface area contributed by atoms with Crippen LogP contribution in [0.1, 0.15) is 18.5 Å². The third-order valence-electron chi connectivity index (χ3n) is 3.00. The summed E-state index contributed by atoms with van der Waals surface area (Å²) in [6, 6.07) is 9.48. The molecule has 1 unspecified atom stereocenters. The second kappa shape index (κ2) is 7.85. The highest BCUT2D eigenvalue weighted by atomic mass is 32.2. The smallest absolute Gasteiger partial charge is 0.251 e. The molecular weight excluding hydrogens is 286 g/mol. The fourth-order valence-corrected chi connectivity index (χ4v) is 2.98. The molecule has 6 heteroatoms. The molecule has 1 aromatic carbocycles. The summed E-state index contributed by atoms with van der Waals surface area (Å²) in [6.07, 6.45) is 1.52. The molecular formula is C15H19N3O2S. The maximum absolute atomic E-state index is 11.3. The number of nitrogens with zero attached hydrogens (tertiary/aromatic N) is 1. The molecule has 0 bridgehead atoms. The van der Waals surface area contributed by atoms with Crippen molar-refractivity contribution in [2.75, 3.05) is 19.4 Å². The molecule has 0 spiro atoms. The van der Waals surface area contributed by atoms with Crippen LogP contribution < -0.4 is 15.6 Å². The van der Waals surface area contributed by atoms with E-state index in [1.807, 2.05) is 24.3 Å². The Bertz CT molecular complexity index is 630. The highest BCUT2D eigenvalue weighted by Gasteiger charge is 2.15. The predicted octanol–water partition coefficient (Wildman–Crippen LogP) is 2.22. The van der Waals surface area contributed by atoms with Crippen LogP contribution in [0.25, 0.3) is 0 Å². The average Bonchev–Trinajstić information content (AvgIpc) is 2.51. The molecule has 2 aromatic rings. The van der Waals surface area contributed by atoms with Gasteiger partial charge in [0.05, 0.1) is 7.11 Å². The van der Waals surface area contributed by atoms with Gasteiger partial charge >= 0.3 is 0 Å². The number of nitrogens with one attached hydrogen (secondary N) is 2. The van der Waals surface area contributed by atoms with Gasteiger partial charge in [0.1, 0.15) is 5.75 Å². The minimum absolute atomic E-state index is 0.127. The molecule has 1 atom stereocenters. The van der Waals surface area contributed by atoms with Gasteiger partial charge in [-0.05, 0) is 12.6 Å². The highest BCUT2D eigenvalue weighted by Crippen LogP contribution is 2.28. The minimum atomic E-state index is -0.134. The van der Waals surface area contributed by atoms with Crippen LogP contribution in [-0.2, 0) is 0 Å². The molecule has 0 aliphatic carbocycles. The van der Waals surface area contributed by atoms with Crippen LogP contribution in [0.3, 0.4) is 0 Å². The summed E-state index contributed by atoms with van der Waals surface area (Å²) >= 11 is 1.51. The number of rotatable bonds is 7. The van der Waals surface area contributed by atoms with Crippen molar-refractivity contribution in [1.29, 1.82) is 0 Å². The fraction of sp³-hybridized carbons (Fsp3) is 0.333. The molecule has 0 saturated carbocycles. The van der Waals surface area contributed by atoms with Crippen molar-refractivity contribution in [2.24, 2.45) is 0 Å². The van der Waals surface area contributed by atoms with E-state index in [0.717, 1.165) is 23.6 Å². The van der Waals surface area contributed by atoms with Crippen LogP contribution in [0.2, 0.25) is 0 Å². The number of benzene rings is 1. The Labute approximate surface area is 128 Å². The van der Waals surface area contributed by atoms with Crippen molar-refractivity contribution in [1.82, 2.24) is 15.3 Å². The molecule has 1 aromatic heterocycles. The lowest BCUT2D eigenvalue weighted by Gasteiger charge is -2.20. The Morgan fingerprint density at radius 2 is 2.19 bits per heavy atom. The summed E-state index contributed by atoms with van der Waals surface area (Å²) in [4.78, 5) is 18.2. The summed E-state index contributed by atoms with van der Waals surface area (Å²) in [5.41, 5.74) is 0.970. The van der Waals surface area contributed by atoms with Crippen LogP contribution in [0.5, 0.6) is 5.75 Å². The first-order valence-electron chi connectivity index (χ1n) is 6.79. The van der Waals surface area contributed by atoms with Gasteiger partial charge in [-0.1, -0.05) is 36.9 Å². The van der Waals surface area contributed by atoms with Crippen molar-refractivity contribution in [3.63, 3.8) is 0 Å². The number of methoxy groups -OCH3 is 1. The second-order valence-corrected chi connectivity index (χ2v) is 5.41. The average molecular weight is 305 g/mol. The lowest BCUT2D eigenvalue weighted by atomic mass is 10.1. The maximum atomic E-state index is 11.3. The van der Waals surface area contributed by atoms with E-state index in [-0.39, 0.29) is 11.6 Å². The molecule has 0 aliphatic heterocycles. The summed E-state index contributed by atoms with van der Waals surface area (Å²) in [5.74, 6) is 1.61. The highest BCUT2D eigenvalue weighted by molar-refractivity contribution is 7.99. The van der Waals surface area contributed by atoms with Gasteiger partial charge < -0.3 is 15.0 Å². The van der Waals surface area contributed by atoms with Gasteiger partial charge in [-0.25, -0.2) is 4.98 Å². The molecule has 0 fully saturated rings. The zero-order valence-corrected chi connectivity index (χ0v) is 12.9. The van der Waals surface area contributed by atoms with Crippen LogP contribution in [-0.4, -0.2) is 29.4 Å². The van der Waals surface area contributed by atoms with E-state index < -0.39 is 0 Å². The second-order valence-electron chi connectivity index (χ2n) is 4.40. The van der Waals surface area contributed by atoms with Crippen LogP contribution in [0.15, 0.2) is 46.5 Å². The van der Waals surface area contributed by atoms with Gasteiger partial charge in [-0.2, -0.15) is 0 Å². The number of hydrogen-bond donors (Lipinski definition) is 2. The van der Waals surface area contributed by atoms with Crippen molar-refractivity contribution < 1.29 is 4.74 Å². The normalized spacial score (nSPS) is 12.1. The molecule has 0 saturated heterocycles. The number of aromatic amines is 1. The lowest BCUT2D eigenvalue weighted by molar-refractivity contribution is 0.403. The topological polar surface area (TPSA) is 67.0 Å². The van der Waals surface area contributed by atoms with E-state index in [9.17, 15) is 4.79 Å². The van der Waals surface area contributed by atoms with E-state index in [1.165, 1.54) is 24.0 Å². The molecule has 5 nitrogen and oxygen atoms in total. The molecule has 1 heterocycles. The van der Waals surface area contributed by atoms with Crippen LogP contribution in [0, 0.1) is 0 Å². The third-order valence-corrected chi connectivity index (χ3v) is 3.98. The van der Waals surface area contributed by atoms with E-state index in [4.69, 9.17) is 4.74 Å². The summed E-state index contributed by atoms with van der Waals surface area (Å²) < 4.78 is 5.42. The van der Waals surface area contributed by atoms with Crippen LogP contribution in [0.4, 0.5) is 0 Å². The van der Waals surface area contributed by atoms with E-state index >= 15 is 0 Å². The Balaban J connectivity index is 2.13.